The molecular weight excluding hydrogens is 274 g/mol. The highest BCUT2D eigenvalue weighted by atomic mass is 35.5. The first-order valence-electron chi connectivity index (χ1n) is 6.73. The van der Waals surface area contributed by atoms with Gasteiger partial charge >= 0.3 is 0 Å². The summed E-state index contributed by atoms with van der Waals surface area (Å²) in [5.74, 6) is 1.06. The maximum absolute atomic E-state index is 5.93. The number of fused-ring (bicyclic) bond motifs is 1. The fraction of sp³-hybridized carbons (Fsp3) is 0.333. The van der Waals surface area contributed by atoms with E-state index in [1.54, 1.807) is 6.92 Å². The lowest BCUT2D eigenvalue weighted by Crippen LogP contribution is -2.04. The smallest absolute Gasteiger partial charge is 0.247 e. The number of nitrogen functional groups attached to an aromatic ring is 1. The van der Waals surface area contributed by atoms with Crippen molar-refractivity contribution in [2.24, 2.45) is 0 Å². The van der Waals surface area contributed by atoms with Gasteiger partial charge in [0.25, 0.3) is 0 Å². The number of nitrogens with zero attached hydrogens (tertiary/aromatic N) is 2. The minimum atomic E-state index is 0.143. The van der Waals surface area contributed by atoms with Crippen molar-refractivity contribution < 1.29 is 4.74 Å². The van der Waals surface area contributed by atoms with Crippen molar-refractivity contribution in [3.8, 4) is 11.6 Å². The van der Waals surface area contributed by atoms with E-state index in [9.17, 15) is 0 Å². The zero-order valence-corrected chi connectivity index (χ0v) is 12.1. The van der Waals surface area contributed by atoms with Gasteiger partial charge in [0.2, 0.25) is 11.2 Å². The second kappa shape index (κ2) is 5.29. The molecule has 0 unspecified atom stereocenters. The highest BCUT2D eigenvalue weighted by molar-refractivity contribution is 6.28. The fourth-order valence-corrected chi connectivity index (χ4v) is 2.69. The second-order valence-corrected chi connectivity index (χ2v) is 5.37. The molecule has 0 saturated carbocycles. The van der Waals surface area contributed by atoms with Crippen molar-refractivity contribution in [1.29, 1.82) is 0 Å². The summed E-state index contributed by atoms with van der Waals surface area (Å²) in [6.45, 7) is 1.78. The van der Waals surface area contributed by atoms with E-state index in [1.807, 2.05) is 6.07 Å². The molecule has 3 rings (SSSR count). The third-order valence-electron chi connectivity index (χ3n) is 3.61. The van der Waals surface area contributed by atoms with Gasteiger partial charge < -0.3 is 10.5 Å². The predicted octanol–water partition coefficient (Wildman–Crippen LogP) is 3.69. The van der Waals surface area contributed by atoms with Gasteiger partial charge in [-0.15, -0.1) is 0 Å². The number of hydrogen-bond acceptors (Lipinski definition) is 4. The zero-order valence-electron chi connectivity index (χ0n) is 11.3. The molecule has 1 aliphatic rings. The lowest BCUT2D eigenvalue weighted by atomic mass is 9.92. The molecule has 104 valence electrons. The summed E-state index contributed by atoms with van der Waals surface area (Å²) in [4.78, 5) is 8.04. The topological polar surface area (TPSA) is 61.0 Å². The Morgan fingerprint density at radius 2 is 1.90 bits per heavy atom. The van der Waals surface area contributed by atoms with E-state index in [4.69, 9.17) is 22.1 Å². The first-order valence-corrected chi connectivity index (χ1v) is 7.10. The highest BCUT2D eigenvalue weighted by Crippen LogP contribution is 2.31. The summed E-state index contributed by atoms with van der Waals surface area (Å²) in [6, 6.07) is 6.14. The van der Waals surface area contributed by atoms with Crippen molar-refractivity contribution >= 4 is 17.3 Å². The standard InChI is InChI=1S/C15H16ClN3O/c1-9-13(17)14(19-15(16)18-9)20-12-7-6-10-4-2-3-5-11(10)8-12/h6-8H,2-5,17H2,1H3. The Balaban J connectivity index is 1.91. The Labute approximate surface area is 123 Å². The molecule has 0 amide bonds. The molecule has 0 radical (unpaired) electrons. The largest absolute Gasteiger partial charge is 0.437 e. The molecule has 1 aromatic heterocycles. The summed E-state index contributed by atoms with van der Waals surface area (Å²) in [6.07, 6.45) is 4.75. The molecule has 0 saturated heterocycles. The van der Waals surface area contributed by atoms with E-state index in [2.05, 4.69) is 22.1 Å². The van der Waals surface area contributed by atoms with Gasteiger partial charge in [-0.05, 0) is 67.5 Å². The van der Waals surface area contributed by atoms with E-state index in [0.29, 0.717) is 17.3 Å². The van der Waals surface area contributed by atoms with Gasteiger partial charge in [0.15, 0.2) is 0 Å². The van der Waals surface area contributed by atoms with Crippen molar-refractivity contribution in [3.05, 3.63) is 40.3 Å². The summed E-state index contributed by atoms with van der Waals surface area (Å²) < 4.78 is 5.78. The fourth-order valence-electron chi connectivity index (χ4n) is 2.49. The summed E-state index contributed by atoms with van der Waals surface area (Å²) in [7, 11) is 0. The molecule has 5 heteroatoms. The molecule has 4 nitrogen and oxygen atoms in total. The van der Waals surface area contributed by atoms with Crippen LogP contribution in [0.1, 0.15) is 29.7 Å². The van der Waals surface area contributed by atoms with E-state index in [-0.39, 0.29) is 5.28 Å². The number of aryl methyl sites for hydroxylation is 3. The molecule has 2 N–H and O–H groups in total. The zero-order chi connectivity index (χ0) is 14.1. The minimum absolute atomic E-state index is 0.143. The molecule has 1 aliphatic carbocycles. The van der Waals surface area contributed by atoms with Gasteiger partial charge in [-0.25, -0.2) is 4.98 Å². The van der Waals surface area contributed by atoms with Crippen LogP contribution in [0, 0.1) is 6.92 Å². The van der Waals surface area contributed by atoms with Crippen LogP contribution in [-0.4, -0.2) is 9.97 Å². The first-order chi connectivity index (χ1) is 9.63. The third kappa shape index (κ3) is 2.56. The van der Waals surface area contributed by atoms with Crippen LogP contribution in [-0.2, 0) is 12.8 Å². The van der Waals surface area contributed by atoms with Gasteiger partial charge in [-0.3, -0.25) is 0 Å². The molecule has 0 bridgehead atoms. The van der Waals surface area contributed by atoms with E-state index in [0.717, 1.165) is 18.6 Å². The number of rotatable bonds is 2. The van der Waals surface area contributed by atoms with Gasteiger partial charge in [-0.2, -0.15) is 4.98 Å². The second-order valence-electron chi connectivity index (χ2n) is 5.04. The van der Waals surface area contributed by atoms with Crippen molar-refractivity contribution in [3.63, 3.8) is 0 Å². The van der Waals surface area contributed by atoms with Gasteiger partial charge in [0, 0.05) is 0 Å². The third-order valence-corrected chi connectivity index (χ3v) is 3.78. The molecular formula is C15H16ClN3O. The number of nitrogens with two attached hydrogens (primary N) is 1. The number of ether oxygens (including phenoxy) is 1. The van der Waals surface area contributed by atoms with Crippen molar-refractivity contribution in [2.45, 2.75) is 32.6 Å². The lowest BCUT2D eigenvalue weighted by Gasteiger charge is -2.17. The van der Waals surface area contributed by atoms with Crippen LogP contribution in [0.5, 0.6) is 11.6 Å². The number of anilines is 1. The number of benzene rings is 1. The maximum Gasteiger partial charge on any atom is 0.247 e. The number of aromatic nitrogens is 2. The van der Waals surface area contributed by atoms with E-state index in [1.165, 1.54) is 24.0 Å². The molecule has 0 fully saturated rings. The average Bonchev–Trinajstić information content (AvgIpc) is 2.44. The molecule has 1 aromatic carbocycles. The highest BCUT2D eigenvalue weighted by Gasteiger charge is 2.13. The van der Waals surface area contributed by atoms with Crippen molar-refractivity contribution in [1.82, 2.24) is 9.97 Å². The average molecular weight is 290 g/mol. The van der Waals surface area contributed by atoms with Gasteiger partial charge in [-0.1, -0.05) is 6.07 Å². The molecule has 1 heterocycles. The van der Waals surface area contributed by atoms with Crippen LogP contribution >= 0.6 is 11.6 Å². The normalized spacial score (nSPS) is 13.9. The van der Waals surface area contributed by atoms with Crippen LogP contribution in [0.2, 0.25) is 5.28 Å². The number of hydrogen-bond donors (Lipinski definition) is 1. The van der Waals surface area contributed by atoms with E-state index < -0.39 is 0 Å². The SMILES string of the molecule is Cc1nc(Cl)nc(Oc2ccc3c(c2)CCCC3)c1N. The minimum Gasteiger partial charge on any atom is -0.437 e. The van der Waals surface area contributed by atoms with Crippen molar-refractivity contribution in [2.75, 3.05) is 5.73 Å². The Bertz CT molecular complexity index is 658. The maximum atomic E-state index is 5.93. The quantitative estimate of drug-likeness (QED) is 0.857. The van der Waals surface area contributed by atoms with Gasteiger partial charge in [0.05, 0.1) is 5.69 Å². The van der Waals surface area contributed by atoms with E-state index >= 15 is 0 Å². The van der Waals surface area contributed by atoms with Crippen LogP contribution in [0.4, 0.5) is 5.69 Å². The summed E-state index contributed by atoms with van der Waals surface area (Å²) >= 11 is 5.85. The molecule has 0 spiro atoms. The molecule has 0 aliphatic heterocycles. The Morgan fingerprint density at radius 3 is 2.70 bits per heavy atom. The summed E-state index contributed by atoms with van der Waals surface area (Å²) in [5.41, 5.74) is 9.74. The lowest BCUT2D eigenvalue weighted by molar-refractivity contribution is 0.462. The molecule has 20 heavy (non-hydrogen) atoms. The first kappa shape index (κ1) is 13.2. The number of halogens is 1. The van der Waals surface area contributed by atoms with Crippen LogP contribution in [0.15, 0.2) is 18.2 Å². The van der Waals surface area contributed by atoms with Crippen LogP contribution in [0.25, 0.3) is 0 Å². The van der Waals surface area contributed by atoms with Crippen LogP contribution in [0.3, 0.4) is 0 Å². The Morgan fingerprint density at radius 1 is 1.15 bits per heavy atom. The van der Waals surface area contributed by atoms with Gasteiger partial charge in [0.1, 0.15) is 11.4 Å². The Kier molecular flexibility index (Phi) is 3.49. The Hall–Kier alpha value is -1.81. The predicted molar refractivity (Wildman–Crippen MR) is 79.3 cm³/mol. The molecule has 2 aromatic rings. The monoisotopic (exact) mass is 289 g/mol. The molecule has 0 atom stereocenters. The van der Waals surface area contributed by atoms with Crippen LogP contribution < -0.4 is 10.5 Å². The summed E-state index contributed by atoms with van der Waals surface area (Å²) in [5, 5.41) is 0.143.